The molecule has 0 heterocycles. The van der Waals surface area contributed by atoms with Crippen LogP contribution in [0.1, 0.15) is 22.8 Å². The van der Waals surface area contributed by atoms with Crippen LogP contribution < -0.4 is 11.2 Å². The van der Waals surface area contributed by atoms with E-state index in [2.05, 4.69) is 10.5 Å². The first-order valence-electron chi connectivity index (χ1n) is 6.13. The summed E-state index contributed by atoms with van der Waals surface area (Å²) in [6.45, 7) is 1.78. The standard InChI is InChI=1S/C15H13Cl2N3O/c1-9(10-3-2-4-12(18)7-10)19-20-15(21)13-6-5-11(16)8-14(13)17/h2-8H,18H2,1H3,(H,20,21)/b19-9-. The fraction of sp³-hybridized carbons (Fsp3) is 0.0667. The van der Waals surface area contributed by atoms with E-state index in [4.69, 9.17) is 28.9 Å². The molecule has 0 atom stereocenters. The second kappa shape index (κ2) is 6.61. The molecule has 0 unspecified atom stereocenters. The predicted octanol–water partition coefficient (Wildman–Crippen LogP) is 3.73. The van der Waals surface area contributed by atoms with Crippen LogP contribution in [-0.4, -0.2) is 11.6 Å². The largest absolute Gasteiger partial charge is 0.399 e. The minimum atomic E-state index is -0.403. The van der Waals surface area contributed by atoms with Gasteiger partial charge < -0.3 is 5.73 Å². The van der Waals surface area contributed by atoms with Gasteiger partial charge in [0.1, 0.15) is 0 Å². The summed E-state index contributed by atoms with van der Waals surface area (Å²) in [5.74, 6) is -0.403. The van der Waals surface area contributed by atoms with E-state index in [-0.39, 0.29) is 5.02 Å². The zero-order valence-corrected chi connectivity index (χ0v) is 12.7. The third kappa shape index (κ3) is 3.97. The van der Waals surface area contributed by atoms with Gasteiger partial charge >= 0.3 is 0 Å². The summed E-state index contributed by atoms with van der Waals surface area (Å²) in [6, 6.07) is 11.9. The lowest BCUT2D eigenvalue weighted by Gasteiger charge is -2.05. The smallest absolute Gasteiger partial charge is 0.272 e. The first kappa shape index (κ1) is 15.4. The van der Waals surface area contributed by atoms with Crippen LogP contribution in [0.25, 0.3) is 0 Å². The van der Waals surface area contributed by atoms with Gasteiger partial charge in [-0.2, -0.15) is 5.10 Å². The third-order valence-corrected chi connectivity index (χ3v) is 3.35. The second-order valence-corrected chi connectivity index (χ2v) is 5.23. The highest BCUT2D eigenvalue weighted by Crippen LogP contribution is 2.20. The molecule has 2 aromatic carbocycles. The van der Waals surface area contributed by atoms with E-state index in [0.717, 1.165) is 5.56 Å². The van der Waals surface area contributed by atoms with E-state index >= 15 is 0 Å². The van der Waals surface area contributed by atoms with Crippen LogP contribution in [0.4, 0.5) is 5.69 Å². The lowest BCUT2D eigenvalue weighted by atomic mass is 10.1. The van der Waals surface area contributed by atoms with E-state index < -0.39 is 5.91 Å². The van der Waals surface area contributed by atoms with Crippen molar-refractivity contribution >= 4 is 40.5 Å². The van der Waals surface area contributed by atoms with Crippen molar-refractivity contribution in [2.75, 3.05) is 5.73 Å². The first-order chi connectivity index (χ1) is 9.97. The number of rotatable bonds is 3. The van der Waals surface area contributed by atoms with Crippen molar-refractivity contribution in [3.8, 4) is 0 Å². The van der Waals surface area contributed by atoms with Crippen molar-refractivity contribution in [1.82, 2.24) is 5.43 Å². The normalized spacial score (nSPS) is 11.3. The Morgan fingerprint density at radius 2 is 1.95 bits per heavy atom. The van der Waals surface area contributed by atoms with Gasteiger partial charge in [-0.25, -0.2) is 5.43 Å². The van der Waals surface area contributed by atoms with Crippen LogP contribution in [0.2, 0.25) is 10.0 Å². The van der Waals surface area contributed by atoms with Gasteiger partial charge in [0.15, 0.2) is 0 Å². The number of amides is 1. The summed E-state index contributed by atoms with van der Waals surface area (Å²) in [6.07, 6.45) is 0. The molecule has 0 aromatic heterocycles. The van der Waals surface area contributed by atoms with Gasteiger partial charge in [-0.05, 0) is 42.8 Å². The second-order valence-electron chi connectivity index (χ2n) is 4.39. The molecule has 0 aliphatic carbocycles. The number of halogens is 2. The Balaban J connectivity index is 2.14. The molecule has 2 aromatic rings. The summed E-state index contributed by atoms with van der Waals surface area (Å²) in [5.41, 5.74) is 10.6. The minimum Gasteiger partial charge on any atom is -0.399 e. The third-order valence-electron chi connectivity index (χ3n) is 2.81. The molecule has 0 radical (unpaired) electrons. The highest BCUT2D eigenvalue weighted by molar-refractivity contribution is 6.36. The maximum absolute atomic E-state index is 12.0. The lowest BCUT2D eigenvalue weighted by molar-refractivity contribution is 0.0955. The van der Waals surface area contributed by atoms with Gasteiger partial charge in [-0.3, -0.25) is 4.79 Å². The Morgan fingerprint density at radius 3 is 2.62 bits per heavy atom. The molecule has 0 spiro atoms. The predicted molar refractivity (Wildman–Crippen MR) is 87.0 cm³/mol. The topological polar surface area (TPSA) is 67.5 Å². The van der Waals surface area contributed by atoms with Crippen LogP contribution in [0.5, 0.6) is 0 Å². The number of benzene rings is 2. The molecule has 0 saturated heterocycles. The minimum absolute atomic E-state index is 0.275. The average Bonchev–Trinajstić information content (AvgIpc) is 2.44. The summed E-state index contributed by atoms with van der Waals surface area (Å²) in [7, 11) is 0. The monoisotopic (exact) mass is 321 g/mol. The Kier molecular flexibility index (Phi) is 4.83. The van der Waals surface area contributed by atoms with E-state index in [1.807, 2.05) is 12.1 Å². The lowest BCUT2D eigenvalue weighted by Crippen LogP contribution is -2.19. The Morgan fingerprint density at radius 1 is 1.19 bits per heavy atom. The van der Waals surface area contributed by atoms with E-state index in [0.29, 0.717) is 22.0 Å². The molecule has 21 heavy (non-hydrogen) atoms. The van der Waals surface area contributed by atoms with Crippen molar-refractivity contribution in [2.24, 2.45) is 5.10 Å². The van der Waals surface area contributed by atoms with Gasteiger partial charge in [0, 0.05) is 10.7 Å². The fourth-order valence-electron chi connectivity index (χ4n) is 1.70. The van der Waals surface area contributed by atoms with Crippen molar-refractivity contribution in [1.29, 1.82) is 0 Å². The zero-order valence-electron chi connectivity index (χ0n) is 11.2. The van der Waals surface area contributed by atoms with Crippen LogP contribution in [0.15, 0.2) is 47.6 Å². The Labute approximate surface area is 132 Å². The van der Waals surface area contributed by atoms with Crippen LogP contribution in [-0.2, 0) is 0 Å². The number of nitrogens with zero attached hydrogens (tertiary/aromatic N) is 1. The summed E-state index contributed by atoms with van der Waals surface area (Å²) < 4.78 is 0. The number of anilines is 1. The molecule has 0 saturated carbocycles. The molecule has 0 bridgehead atoms. The maximum Gasteiger partial charge on any atom is 0.272 e. The Bertz CT molecular complexity index is 714. The average molecular weight is 322 g/mol. The van der Waals surface area contributed by atoms with Crippen LogP contribution in [0, 0.1) is 0 Å². The van der Waals surface area contributed by atoms with Crippen molar-refractivity contribution in [3.05, 3.63) is 63.6 Å². The Hall–Kier alpha value is -2.04. The molecule has 4 nitrogen and oxygen atoms in total. The van der Waals surface area contributed by atoms with E-state index in [1.165, 1.54) is 6.07 Å². The molecule has 108 valence electrons. The quantitative estimate of drug-likeness (QED) is 0.514. The number of hydrazone groups is 1. The fourth-order valence-corrected chi connectivity index (χ4v) is 2.19. The number of nitrogen functional groups attached to an aromatic ring is 1. The number of carbonyl (C=O) groups is 1. The van der Waals surface area contributed by atoms with Gasteiger partial charge in [0.05, 0.1) is 16.3 Å². The van der Waals surface area contributed by atoms with Gasteiger partial charge in [0.25, 0.3) is 5.91 Å². The van der Waals surface area contributed by atoms with Crippen LogP contribution >= 0.6 is 23.2 Å². The molecule has 2 rings (SSSR count). The number of hydrogen-bond donors (Lipinski definition) is 2. The number of nitrogens with one attached hydrogen (secondary N) is 1. The van der Waals surface area contributed by atoms with Gasteiger partial charge in [0.2, 0.25) is 0 Å². The van der Waals surface area contributed by atoms with Crippen molar-refractivity contribution < 1.29 is 4.79 Å². The highest BCUT2D eigenvalue weighted by atomic mass is 35.5. The molecule has 0 aliphatic heterocycles. The maximum atomic E-state index is 12.0. The SMILES string of the molecule is C/C(=N/NC(=O)c1ccc(Cl)cc1Cl)c1cccc(N)c1. The molecule has 0 fully saturated rings. The van der Waals surface area contributed by atoms with Crippen molar-refractivity contribution in [3.63, 3.8) is 0 Å². The molecular weight excluding hydrogens is 309 g/mol. The van der Waals surface area contributed by atoms with E-state index in [9.17, 15) is 4.79 Å². The molecule has 3 N–H and O–H groups in total. The van der Waals surface area contributed by atoms with Crippen LogP contribution in [0.3, 0.4) is 0 Å². The van der Waals surface area contributed by atoms with E-state index in [1.54, 1.807) is 31.2 Å². The highest BCUT2D eigenvalue weighted by Gasteiger charge is 2.10. The zero-order chi connectivity index (χ0) is 15.4. The van der Waals surface area contributed by atoms with Gasteiger partial charge in [-0.1, -0.05) is 35.3 Å². The molecular formula is C15H13Cl2N3O. The summed E-state index contributed by atoms with van der Waals surface area (Å²) in [4.78, 5) is 12.0. The molecule has 0 aliphatic rings. The molecule has 1 amide bonds. The van der Waals surface area contributed by atoms with Crippen molar-refractivity contribution in [2.45, 2.75) is 6.92 Å². The summed E-state index contributed by atoms with van der Waals surface area (Å²) >= 11 is 11.8. The number of nitrogens with two attached hydrogens (primary N) is 1. The number of hydrogen-bond acceptors (Lipinski definition) is 3. The molecule has 6 heteroatoms. The first-order valence-corrected chi connectivity index (χ1v) is 6.88. The summed E-state index contributed by atoms with van der Waals surface area (Å²) in [5, 5.41) is 4.79. The van der Waals surface area contributed by atoms with Gasteiger partial charge in [-0.15, -0.1) is 0 Å². The number of carbonyl (C=O) groups excluding carboxylic acids is 1.